The monoisotopic (exact) mass is 309 g/mol. The lowest BCUT2D eigenvalue weighted by molar-refractivity contribution is 0.223. The molecule has 2 aromatic heterocycles. The van der Waals surface area contributed by atoms with Crippen molar-refractivity contribution in [3.63, 3.8) is 0 Å². The van der Waals surface area contributed by atoms with Gasteiger partial charge in [-0.3, -0.25) is 0 Å². The second-order valence-electron chi connectivity index (χ2n) is 5.49. The van der Waals surface area contributed by atoms with Crippen LogP contribution in [0.2, 0.25) is 0 Å². The van der Waals surface area contributed by atoms with Gasteiger partial charge in [-0.15, -0.1) is 0 Å². The molecule has 0 fully saturated rings. The molecule has 0 unspecified atom stereocenters. The van der Waals surface area contributed by atoms with Gasteiger partial charge in [0.25, 0.3) is 0 Å². The van der Waals surface area contributed by atoms with Gasteiger partial charge in [0, 0.05) is 24.5 Å². The molecular formula is C19H23N3O. The van der Waals surface area contributed by atoms with Crippen molar-refractivity contribution < 1.29 is 4.74 Å². The third-order valence-corrected chi connectivity index (χ3v) is 4.08. The van der Waals surface area contributed by atoms with Crippen LogP contribution in [0.15, 0.2) is 54.9 Å². The summed E-state index contributed by atoms with van der Waals surface area (Å²) in [6, 6.07) is 14.2. The fraction of sp³-hybridized carbons (Fsp3) is 0.316. The van der Waals surface area contributed by atoms with E-state index in [1.165, 1.54) is 0 Å². The summed E-state index contributed by atoms with van der Waals surface area (Å²) >= 11 is 0. The van der Waals surface area contributed by atoms with E-state index in [9.17, 15) is 0 Å². The molecule has 0 saturated heterocycles. The number of nitrogens with zero attached hydrogens (tertiary/aromatic N) is 3. The third-order valence-electron chi connectivity index (χ3n) is 4.08. The number of imidazole rings is 1. The first kappa shape index (κ1) is 15.6. The SMILES string of the molecule is CCN(CC)CCOc1ccc(-c2cn3ccccc3n2)cc1. The van der Waals surface area contributed by atoms with E-state index in [1.54, 1.807) is 0 Å². The second kappa shape index (κ2) is 7.29. The number of benzene rings is 1. The highest BCUT2D eigenvalue weighted by atomic mass is 16.5. The molecule has 0 atom stereocenters. The molecule has 0 aliphatic heterocycles. The van der Waals surface area contributed by atoms with Crippen molar-refractivity contribution in [1.82, 2.24) is 14.3 Å². The molecule has 0 amide bonds. The summed E-state index contributed by atoms with van der Waals surface area (Å²) in [6.07, 6.45) is 4.06. The third kappa shape index (κ3) is 3.71. The minimum absolute atomic E-state index is 0.718. The fourth-order valence-electron chi connectivity index (χ4n) is 2.63. The lowest BCUT2D eigenvalue weighted by atomic mass is 10.2. The molecule has 120 valence electrons. The first-order valence-electron chi connectivity index (χ1n) is 8.19. The van der Waals surface area contributed by atoms with Crippen LogP contribution in [-0.4, -0.2) is 40.5 Å². The van der Waals surface area contributed by atoms with Gasteiger partial charge in [0.1, 0.15) is 18.0 Å². The smallest absolute Gasteiger partial charge is 0.137 e. The zero-order valence-electron chi connectivity index (χ0n) is 13.8. The zero-order chi connectivity index (χ0) is 16.1. The molecule has 0 aliphatic carbocycles. The predicted octanol–water partition coefficient (Wildman–Crippen LogP) is 3.72. The van der Waals surface area contributed by atoms with Crippen LogP contribution < -0.4 is 4.74 Å². The van der Waals surface area contributed by atoms with Crippen LogP contribution >= 0.6 is 0 Å². The molecule has 4 nitrogen and oxygen atoms in total. The number of fused-ring (bicyclic) bond motifs is 1. The summed E-state index contributed by atoms with van der Waals surface area (Å²) in [5.41, 5.74) is 3.04. The Balaban J connectivity index is 1.65. The second-order valence-corrected chi connectivity index (χ2v) is 5.49. The predicted molar refractivity (Wildman–Crippen MR) is 93.9 cm³/mol. The van der Waals surface area contributed by atoms with Crippen molar-refractivity contribution in [2.45, 2.75) is 13.8 Å². The van der Waals surface area contributed by atoms with Crippen LogP contribution in [0.3, 0.4) is 0 Å². The van der Waals surface area contributed by atoms with E-state index in [0.29, 0.717) is 0 Å². The molecule has 2 heterocycles. The van der Waals surface area contributed by atoms with Crippen molar-refractivity contribution in [2.24, 2.45) is 0 Å². The summed E-state index contributed by atoms with van der Waals surface area (Å²) < 4.78 is 7.85. The lowest BCUT2D eigenvalue weighted by Gasteiger charge is -2.18. The molecule has 0 bridgehead atoms. The molecule has 1 aromatic carbocycles. The molecular weight excluding hydrogens is 286 g/mol. The van der Waals surface area contributed by atoms with E-state index in [-0.39, 0.29) is 0 Å². The highest BCUT2D eigenvalue weighted by Crippen LogP contribution is 2.22. The largest absolute Gasteiger partial charge is 0.492 e. The molecule has 23 heavy (non-hydrogen) atoms. The van der Waals surface area contributed by atoms with Gasteiger partial charge in [-0.05, 0) is 49.5 Å². The molecule has 0 radical (unpaired) electrons. The van der Waals surface area contributed by atoms with Crippen LogP contribution in [0.4, 0.5) is 0 Å². The topological polar surface area (TPSA) is 29.8 Å². The number of ether oxygens (including phenoxy) is 1. The van der Waals surface area contributed by atoms with Crippen molar-refractivity contribution >= 4 is 5.65 Å². The van der Waals surface area contributed by atoms with Gasteiger partial charge in [0.2, 0.25) is 0 Å². The molecule has 3 rings (SSSR count). The van der Waals surface area contributed by atoms with E-state index in [0.717, 1.165) is 48.9 Å². The van der Waals surface area contributed by atoms with E-state index in [1.807, 2.05) is 47.1 Å². The van der Waals surface area contributed by atoms with Crippen molar-refractivity contribution in [1.29, 1.82) is 0 Å². The molecule has 0 aliphatic rings. The van der Waals surface area contributed by atoms with E-state index < -0.39 is 0 Å². The highest BCUT2D eigenvalue weighted by Gasteiger charge is 2.05. The van der Waals surface area contributed by atoms with Gasteiger partial charge in [-0.1, -0.05) is 19.9 Å². The minimum Gasteiger partial charge on any atom is -0.492 e. The van der Waals surface area contributed by atoms with Crippen molar-refractivity contribution in [3.8, 4) is 17.0 Å². The Morgan fingerprint density at radius 2 is 1.83 bits per heavy atom. The van der Waals surface area contributed by atoms with Gasteiger partial charge >= 0.3 is 0 Å². The van der Waals surface area contributed by atoms with Gasteiger partial charge < -0.3 is 14.0 Å². The quantitative estimate of drug-likeness (QED) is 0.666. The Kier molecular flexibility index (Phi) is 4.93. The molecule has 4 heteroatoms. The fourth-order valence-corrected chi connectivity index (χ4v) is 2.63. The maximum atomic E-state index is 5.82. The van der Waals surface area contributed by atoms with Crippen LogP contribution in [0.25, 0.3) is 16.9 Å². The van der Waals surface area contributed by atoms with Gasteiger partial charge in [0.05, 0.1) is 5.69 Å². The van der Waals surface area contributed by atoms with Gasteiger partial charge in [0.15, 0.2) is 0 Å². The number of likely N-dealkylation sites (N-methyl/N-ethyl adjacent to an activating group) is 1. The average molecular weight is 309 g/mol. The Morgan fingerprint density at radius 3 is 2.52 bits per heavy atom. The first-order valence-corrected chi connectivity index (χ1v) is 8.19. The number of rotatable bonds is 7. The standard InChI is InChI=1S/C19H23N3O/c1-3-21(4-2)13-14-23-17-10-8-16(9-11-17)18-15-22-12-6-5-7-19(22)20-18/h5-12,15H,3-4,13-14H2,1-2H3. The average Bonchev–Trinajstić information content (AvgIpc) is 3.03. The normalized spacial score (nSPS) is 11.3. The van der Waals surface area contributed by atoms with E-state index in [4.69, 9.17) is 4.74 Å². The van der Waals surface area contributed by atoms with Crippen molar-refractivity contribution in [2.75, 3.05) is 26.2 Å². The van der Waals surface area contributed by atoms with Crippen LogP contribution in [0.1, 0.15) is 13.8 Å². The van der Waals surface area contributed by atoms with Gasteiger partial charge in [-0.2, -0.15) is 0 Å². The zero-order valence-corrected chi connectivity index (χ0v) is 13.8. The van der Waals surface area contributed by atoms with Crippen LogP contribution in [0, 0.1) is 0 Å². The van der Waals surface area contributed by atoms with E-state index in [2.05, 4.69) is 35.9 Å². The maximum absolute atomic E-state index is 5.82. The Bertz CT molecular complexity index is 712. The Morgan fingerprint density at radius 1 is 1.04 bits per heavy atom. The summed E-state index contributed by atoms with van der Waals surface area (Å²) in [5.74, 6) is 0.907. The molecule has 0 N–H and O–H groups in total. The molecule has 0 saturated carbocycles. The number of aromatic nitrogens is 2. The number of hydrogen-bond donors (Lipinski definition) is 0. The Hall–Kier alpha value is -2.33. The summed E-state index contributed by atoms with van der Waals surface area (Å²) in [6.45, 7) is 8.15. The summed E-state index contributed by atoms with van der Waals surface area (Å²) in [4.78, 5) is 6.99. The maximum Gasteiger partial charge on any atom is 0.137 e. The highest BCUT2D eigenvalue weighted by molar-refractivity contribution is 5.63. The van der Waals surface area contributed by atoms with E-state index >= 15 is 0 Å². The number of pyridine rings is 1. The summed E-state index contributed by atoms with van der Waals surface area (Å²) in [5, 5.41) is 0. The summed E-state index contributed by atoms with van der Waals surface area (Å²) in [7, 11) is 0. The van der Waals surface area contributed by atoms with Gasteiger partial charge in [-0.25, -0.2) is 4.98 Å². The minimum atomic E-state index is 0.718. The molecule has 0 spiro atoms. The number of hydrogen-bond acceptors (Lipinski definition) is 3. The van der Waals surface area contributed by atoms with Crippen LogP contribution in [-0.2, 0) is 0 Å². The Labute approximate surface area is 137 Å². The molecule has 3 aromatic rings. The first-order chi connectivity index (χ1) is 11.3. The lowest BCUT2D eigenvalue weighted by Crippen LogP contribution is -2.27. The van der Waals surface area contributed by atoms with Crippen molar-refractivity contribution in [3.05, 3.63) is 54.9 Å². The van der Waals surface area contributed by atoms with Crippen LogP contribution in [0.5, 0.6) is 5.75 Å².